The predicted molar refractivity (Wildman–Crippen MR) is 71.8 cm³/mol. The van der Waals surface area contributed by atoms with Crippen molar-refractivity contribution in [2.45, 2.75) is 52.2 Å². The van der Waals surface area contributed by atoms with Gasteiger partial charge in [-0.15, -0.1) is 0 Å². The predicted octanol–water partition coefficient (Wildman–Crippen LogP) is 1.76. The van der Waals surface area contributed by atoms with E-state index in [2.05, 4.69) is 13.8 Å². The average Bonchev–Trinajstić information content (AvgIpc) is 2.78. The van der Waals surface area contributed by atoms with E-state index in [0.29, 0.717) is 18.9 Å². The normalized spacial score (nSPS) is 26.2. The van der Waals surface area contributed by atoms with Gasteiger partial charge >= 0.3 is 5.97 Å². The third-order valence-corrected chi connectivity index (χ3v) is 4.29. The first-order valence-corrected chi connectivity index (χ1v) is 6.95. The van der Waals surface area contributed by atoms with Crippen molar-refractivity contribution >= 4 is 11.9 Å². The van der Waals surface area contributed by atoms with Crippen molar-refractivity contribution in [1.82, 2.24) is 4.90 Å². The number of carbonyl (C=O) groups excluding carboxylic acids is 1. The Kier molecular flexibility index (Phi) is 5.79. The quantitative estimate of drug-likeness (QED) is 0.799. The molecular formula is C14H25NO4. The molecule has 19 heavy (non-hydrogen) atoms. The first-order valence-electron chi connectivity index (χ1n) is 6.95. The molecule has 5 nitrogen and oxygen atoms in total. The van der Waals surface area contributed by atoms with Crippen LogP contribution in [0.2, 0.25) is 0 Å². The van der Waals surface area contributed by atoms with Crippen LogP contribution in [0.15, 0.2) is 0 Å². The summed E-state index contributed by atoms with van der Waals surface area (Å²) in [5.74, 6) is -0.577. The molecule has 0 spiro atoms. The second kappa shape index (κ2) is 6.89. The van der Waals surface area contributed by atoms with Crippen molar-refractivity contribution in [3.8, 4) is 0 Å². The molecule has 110 valence electrons. The van der Waals surface area contributed by atoms with Gasteiger partial charge in [0.15, 0.2) is 0 Å². The minimum Gasteiger partial charge on any atom is -0.481 e. The molecule has 1 aliphatic rings. The number of nitrogens with zero attached hydrogens (tertiary/aromatic N) is 1. The number of rotatable bonds is 6. The Bertz CT molecular complexity index is 331. The van der Waals surface area contributed by atoms with Crippen molar-refractivity contribution in [3.63, 3.8) is 0 Å². The van der Waals surface area contributed by atoms with Gasteiger partial charge in [-0.05, 0) is 12.3 Å². The highest BCUT2D eigenvalue weighted by Crippen LogP contribution is 2.27. The highest BCUT2D eigenvalue weighted by molar-refractivity contribution is 5.80. The lowest BCUT2D eigenvalue weighted by Gasteiger charge is -2.28. The average molecular weight is 271 g/mol. The van der Waals surface area contributed by atoms with Gasteiger partial charge in [-0.1, -0.05) is 27.2 Å². The van der Waals surface area contributed by atoms with Crippen molar-refractivity contribution in [3.05, 3.63) is 0 Å². The summed E-state index contributed by atoms with van der Waals surface area (Å²) >= 11 is 0. The largest absolute Gasteiger partial charge is 0.481 e. The van der Waals surface area contributed by atoms with Gasteiger partial charge in [0.2, 0.25) is 5.91 Å². The van der Waals surface area contributed by atoms with E-state index in [4.69, 9.17) is 9.84 Å². The van der Waals surface area contributed by atoms with Gasteiger partial charge in [0.05, 0.1) is 12.5 Å². The molecule has 0 aromatic carbocycles. The van der Waals surface area contributed by atoms with Crippen LogP contribution in [0.5, 0.6) is 0 Å². The topological polar surface area (TPSA) is 66.8 Å². The highest BCUT2D eigenvalue weighted by Gasteiger charge is 2.38. The first-order chi connectivity index (χ1) is 8.90. The molecule has 1 amide bonds. The maximum atomic E-state index is 12.5. The number of methoxy groups -OCH3 is 1. The van der Waals surface area contributed by atoms with Crippen LogP contribution in [0.1, 0.15) is 40.0 Å². The number of amides is 1. The summed E-state index contributed by atoms with van der Waals surface area (Å²) in [6, 6.07) is -0.235. The highest BCUT2D eigenvalue weighted by atomic mass is 16.5. The summed E-state index contributed by atoms with van der Waals surface area (Å²) in [6.07, 6.45) is 1.51. The molecule has 0 aliphatic carbocycles. The Labute approximate surface area is 114 Å². The molecule has 1 heterocycles. The van der Waals surface area contributed by atoms with E-state index in [0.717, 1.165) is 6.42 Å². The maximum Gasteiger partial charge on any atom is 0.305 e. The molecule has 4 atom stereocenters. The van der Waals surface area contributed by atoms with E-state index in [1.54, 1.807) is 12.0 Å². The minimum absolute atomic E-state index is 0.00116. The van der Waals surface area contributed by atoms with Crippen LogP contribution in [0.4, 0.5) is 0 Å². The molecule has 0 saturated carbocycles. The zero-order chi connectivity index (χ0) is 14.6. The minimum atomic E-state index is -0.865. The fourth-order valence-electron chi connectivity index (χ4n) is 2.57. The van der Waals surface area contributed by atoms with E-state index in [1.165, 1.54) is 0 Å². The number of ether oxygens (including phenoxy) is 1. The molecule has 1 saturated heterocycles. The van der Waals surface area contributed by atoms with Gasteiger partial charge in [-0.3, -0.25) is 9.59 Å². The summed E-state index contributed by atoms with van der Waals surface area (Å²) in [7, 11) is 1.61. The van der Waals surface area contributed by atoms with Gasteiger partial charge in [-0.25, -0.2) is 0 Å². The molecule has 1 fully saturated rings. The summed E-state index contributed by atoms with van der Waals surface area (Å²) in [5, 5.41) is 8.95. The lowest BCUT2D eigenvalue weighted by atomic mass is 9.92. The lowest BCUT2D eigenvalue weighted by molar-refractivity contribution is -0.141. The third kappa shape index (κ3) is 3.93. The van der Waals surface area contributed by atoms with Gasteiger partial charge in [0.25, 0.3) is 0 Å². The molecule has 5 heteroatoms. The Morgan fingerprint density at radius 1 is 1.42 bits per heavy atom. The Morgan fingerprint density at radius 2 is 2.05 bits per heavy atom. The molecule has 0 aromatic heterocycles. The van der Waals surface area contributed by atoms with E-state index in [1.807, 2.05) is 6.92 Å². The van der Waals surface area contributed by atoms with Crippen molar-refractivity contribution < 1.29 is 19.4 Å². The van der Waals surface area contributed by atoms with Crippen LogP contribution >= 0.6 is 0 Å². The van der Waals surface area contributed by atoms with Crippen LogP contribution in [-0.2, 0) is 14.3 Å². The molecule has 1 rings (SSSR count). The monoisotopic (exact) mass is 271 g/mol. The second-order valence-corrected chi connectivity index (χ2v) is 5.51. The number of likely N-dealkylation sites (tertiary alicyclic amines) is 1. The molecule has 1 N–H and O–H groups in total. The van der Waals surface area contributed by atoms with Crippen LogP contribution in [0.3, 0.4) is 0 Å². The van der Waals surface area contributed by atoms with E-state index in [9.17, 15) is 9.59 Å². The second-order valence-electron chi connectivity index (χ2n) is 5.51. The van der Waals surface area contributed by atoms with Gasteiger partial charge in [0, 0.05) is 25.6 Å². The molecule has 0 radical (unpaired) electrons. The lowest BCUT2D eigenvalue weighted by Crippen LogP contribution is -2.41. The van der Waals surface area contributed by atoms with Gasteiger partial charge in [-0.2, -0.15) is 0 Å². The molecule has 0 aromatic rings. The van der Waals surface area contributed by atoms with Gasteiger partial charge in [0.1, 0.15) is 0 Å². The molecule has 1 aliphatic heterocycles. The number of hydrogen-bond donors (Lipinski definition) is 1. The number of carboxylic acids is 1. The SMILES string of the molecule is CCC(C)C(C)C(=O)N1CC(OC)CC1CC(=O)O. The zero-order valence-corrected chi connectivity index (χ0v) is 12.3. The first kappa shape index (κ1) is 16.0. The van der Waals surface area contributed by atoms with Crippen molar-refractivity contribution in [2.75, 3.05) is 13.7 Å². The van der Waals surface area contributed by atoms with Crippen molar-refractivity contribution in [2.24, 2.45) is 11.8 Å². The van der Waals surface area contributed by atoms with E-state index < -0.39 is 5.97 Å². The Hall–Kier alpha value is -1.10. The van der Waals surface area contributed by atoms with Crippen LogP contribution in [-0.4, -0.2) is 47.7 Å². The fourth-order valence-corrected chi connectivity index (χ4v) is 2.57. The summed E-state index contributed by atoms with van der Waals surface area (Å²) in [5.41, 5.74) is 0. The number of hydrogen-bond acceptors (Lipinski definition) is 3. The standard InChI is InChI=1S/C14H25NO4/c1-5-9(2)10(3)14(18)15-8-12(19-4)6-11(15)7-13(16)17/h9-12H,5-8H2,1-4H3,(H,16,17). The summed E-state index contributed by atoms with van der Waals surface area (Å²) in [4.78, 5) is 25.1. The van der Waals surface area contributed by atoms with E-state index in [-0.39, 0.29) is 30.4 Å². The van der Waals surface area contributed by atoms with Gasteiger partial charge < -0.3 is 14.7 Å². The summed E-state index contributed by atoms with van der Waals surface area (Å²) < 4.78 is 5.28. The number of aliphatic carboxylic acids is 1. The number of carbonyl (C=O) groups is 2. The molecule has 4 unspecified atom stereocenters. The third-order valence-electron chi connectivity index (χ3n) is 4.29. The Balaban J connectivity index is 2.76. The molecular weight excluding hydrogens is 246 g/mol. The van der Waals surface area contributed by atoms with E-state index >= 15 is 0 Å². The maximum absolute atomic E-state index is 12.5. The van der Waals surface area contributed by atoms with Crippen LogP contribution in [0, 0.1) is 11.8 Å². The molecule has 0 bridgehead atoms. The van der Waals surface area contributed by atoms with Crippen LogP contribution in [0.25, 0.3) is 0 Å². The van der Waals surface area contributed by atoms with Crippen molar-refractivity contribution in [1.29, 1.82) is 0 Å². The summed E-state index contributed by atoms with van der Waals surface area (Å²) in [6.45, 7) is 6.55. The van der Waals surface area contributed by atoms with Crippen LogP contribution < -0.4 is 0 Å². The smallest absolute Gasteiger partial charge is 0.305 e. The number of carboxylic acid groups (broad SMARTS) is 1. The Morgan fingerprint density at radius 3 is 2.53 bits per heavy atom. The fraction of sp³-hybridized carbons (Fsp3) is 0.857. The zero-order valence-electron chi connectivity index (χ0n) is 12.3.